The molecule has 0 saturated carbocycles. The van der Waals surface area contributed by atoms with E-state index in [0.29, 0.717) is 37.4 Å². The fraction of sp³-hybridized carbons (Fsp3) is 0.481. The number of nitrogens with zero attached hydrogens (tertiary/aromatic N) is 3. The van der Waals surface area contributed by atoms with Crippen molar-refractivity contribution in [2.24, 2.45) is 0 Å². The smallest absolute Gasteiger partial charge is 0.240 e. The van der Waals surface area contributed by atoms with Crippen molar-refractivity contribution in [2.75, 3.05) is 32.8 Å². The average Bonchev–Trinajstić information content (AvgIpc) is 3.48. The lowest BCUT2D eigenvalue weighted by Crippen LogP contribution is -2.45. The Morgan fingerprint density at radius 1 is 1.23 bits per heavy atom. The maximum Gasteiger partial charge on any atom is 0.240 e. The summed E-state index contributed by atoms with van der Waals surface area (Å²) < 4.78 is 11.4. The summed E-state index contributed by atoms with van der Waals surface area (Å²) in [6, 6.07) is 12.8. The molecule has 2 fully saturated rings. The number of rotatable bonds is 11. The highest BCUT2D eigenvalue weighted by atomic mass is 16.5. The number of likely N-dealkylation sites (N-methyl/N-ethyl adjacent to an activating group) is 1. The molecule has 0 N–H and O–H groups in total. The van der Waals surface area contributed by atoms with Crippen LogP contribution >= 0.6 is 0 Å². The minimum absolute atomic E-state index is 0.0114. The Morgan fingerprint density at radius 3 is 2.74 bits per heavy atom. The second-order valence-electron chi connectivity index (χ2n) is 9.11. The van der Waals surface area contributed by atoms with Gasteiger partial charge in [0.2, 0.25) is 17.7 Å². The molecule has 0 radical (unpaired) electrons. The van der Waals surface area contributed by atoms with Gasteiger partial charge in [0, 0.05) is 45.3 Å². The molecule has 1 aromatic carbocycles. The highest BCUT2D eigenvalue weighted by Crippen LogP contribution is 2.40. The number of imide groups is 1. The highest BCUT2D eigenvalue weighted by Gasteiger charge is 2.53. The quantitative estimate of drug-likeness (QED) is 0.364. The third-order valence-corrected chi connectivity index (χ3v) is 6.80. The van der Waals surface area contributed by atoms with Crippen LogP contribution in [0.5, 0.6) is 5.75 Å². The monoisotopic (exact) mass is 479 g/mol. The third-order valence-electron chi connectivity index (χ3n) is 6.80. The average molecular weight is 480 g/mol. The molecule has 2 aromatic rings. The predicted octanol–water partition coefficient (Wildman–Crippen LogP) is 2.97. The Hall–Kier alpha value is -3.26. The lowest BCUT2D eigenvalue weighted by atomic mass is 9.75. The molecule has 0 aliphatic carbocycles. The molecule has 1 aromatic heterocycles. The van der Waals surface area contributed by atoms with E-state index in [1.54, 1.807) is 29.4 Å². The van der Waals surface area contributed by atoms with E-state index in [2.05, 4.69) is 4.98 Å². The van der Waals surface area contributed by atoms with Gasteiger partial charge in [-0.25, -0.2) is 0 Å². The standard InChI is InChI=1S/C27H33N3O5/c1-2-29(20-23-12-7-15-35-23)24(31)17-27(21-9-4-3-5-10-21)18-25(32)30(26(27)33)14-8-16-34-22-11-6-13-28-19-22/h3-6,9-11,13,19,23H,2,7-8,12,14-18,20H2,1H3. The van der Waals surface area contributed by atoms with Crippen LogP contribution in [-0.4, -0.2) is 71.5 Å². The van der Waals surface area contributed by atoms with Crippen molar-refractivity contribution >= 4 is 17.7 Å². The summed E-state index contributed by atoms with van der Waals surface area (Å²) in [5.74, 6) is -0.0525. The minimum atomic E-state index is -1.19. The zero-order valence-electron chi connectivity index (χ0n) is 20.2. The zero-order chi connectivity index (χ0) is 24.7. The second-order valence-corrected chi connectivity index (χ2v) is 9.11. The van der Waals surface area contributed by atoms with E-state index in [1.807, 2.05) is 37.3 Å². The summed E-state index contributed by atoms with van der Waals surface area (Å²) in [6.07, 6.45) is 5.69. The topological polar surface area (TPSA) is 89.0 Å². The lowest BCUT2D eigenvalue weighted by molar-refractivity contribution is -0.143. The van der Waals surface area contributed by atoms with Gasteiger partial charge in [-0.3, -0.25) is 24.3 Å². The van der Waals surface area contributed by atoms with Crippen molar-refractivity contribution in [3.05, 3.63) is 60.4 Å². The molecular formula is C27H33N3O5. The van der Waals surface area contributed by atoms with Gasteiger partial charge < -0.3 is 14.4 Å². The summed E-state index contributed by atoms with van der Waals surface area (Å²) in [6.45, 7) is 4.28. The predicted molar refractivity (Wildman–Crippen MR) is 130 cm³/mol. The first-order valence-corrected chi connectivity index (χ1v) is 12.4. The maximum absolute atomic E-state index is 13.8. The minimum Gasteiger partial charge on any atom is -0.492 e. The Labute approximate surface area is 206 Å². The Balaban J connectivity index is 1.47. The molecule has 0 spiro atoms. The summed E-state index contributed by atoms with van der Waals surface area (Å²) >= 11 is 0. The van der Waals surface area contributed by atoms with Gasteiger partial charge in [0.1, 0.15) is 5.75 Å². The fourth-order valence-electron chi connectivity index (χ4n) is 4.91. The van der Waals surface area contributed by atoms with Crippen LogP contribution in [0.2, 0.25) is 0 Å². The first-order valence-electron chi connectivity index (χ1n) is 12.4. The highest BCUT2D eigenvalue weighted by molar-refractivity contribution is 6.10. The number of hydrogen-bond acceptors (Lipinski definition) is 6. The van der Waals surface area contributed by atoms with Gasteiger partial charge in [0.25, 0.3) is 0 Å². The Kier molecular flexibility index (Phi) is 8.13. The zero-order valence-corrected chi connectivity index (χ0v) is 20.2. The van der Waals surface area contributed by atoms with Crippen LogP contribution in [0, 0.1) is 0 Å². The van der Waals surface area contributed by atoms with Gasteiger partial charge in [-0.2, -0.15) is 0 Å². The first kappa shape index (κ1) is 24.9. The first-order chi connectivity index (χ1) is 17.0. The largest absolute Gasteiger partial charge is 0.492 e. The number of amides is 3. The van der Waals surface area contributed by atoms with E-state index >= 15 is 0 Å². The molecule has 186 valence electrons. The van der Waals surface area contributed by atoms with Crippen molar-refractivity contribution in [1.29, 1.82) is 0 Å². The summed E-state index contributed by atoms with van der Waals surface area (Å²) in [7, 11) is 0. The summed E-state index contributed by atoms with van der Waals surface area (Å²) in [5, 5.41) is 0. The van der Waals surface area contributed by atoms with Crippen LogP contribution < -0.4 is 4.74 Å². The van der Waals surface area contributed by atoms with Crippen LogP contribution in [0.4, 0.5) is 0 Å². The molecule has 2 aliphatic rings. The third kappa shape index (κ3) is 5.70. The van der Waals surface area contributed by atoms with Gasteiger partial charge >= 0.3 is 0 Å². The second kappa shape index (κ2) is 11.4. The van der Waals surface area contributed by atoms with Gasteiger partial charge in [-0.05, 0) is 43.9 Å². The number of hydrogen-bond donors (Lipinski definition) is 0. The number of ether oxygens (including phenoxy) is 2. The lowest BCUT2D eigenvalue weighted by Gasteiger charge is -2.31. The number of carbonyl (C=O) groups excluding carboxylic acids is 3. The molecule has 3 heterocycles. The molecule has 0 bridgehead atoms. The normalized spacial score (nSPS) is 22.0. The van der Waals surface area contributed by atoms with Gasteiger partial charge in [-0.1, -0.05) is 30.3 Å². The van der Waals surface area contributed by atoms with Crippen LogP contribution in [-0.2, 0) is 24.5 Å². The van der Waals surface area contributed by atoms with E-state index in [1.165, 1.54) is 4.90 Å². The van der Waals surface area contributed by atoms with Crippen molar-refractivity contribution in [3.8, 4) is 5.75 Å². The molecular weight excluding hydrogens is 446 g/mol. The molecule has 2 aliphatic heterocycles. The summed E-state index contributed by atoms with van der Waals surface area (Å²) in [5.41, 5.74) is -0.488. The molecule has 8 nitrogen and oxygen atoms in total. The fourth-order valence-corrected chi connectivity index (χ4v) is 4.91. The maximum atomic E-state index is 13.8. The van der Waals surface area contributed by atoms with E-state index in [4.69, 9.17) is 9.47 Å². The van der Waals surface area contributed by atoms with Gasteiger partial charge in [0.05, 0.1) is 24.3 Å². The SMILES string of the molecule is CCN(CC1CCCO1)C(=O)CC1(c2ccccc2)CC(=O)N(CCCOc2cccnc2)C1=O. The molecule has 4 rings (SSSR count). The van der Waals surface area contributed by atoms with Crippen LogP contribution in [0.3, 0.4) is 0 Å². The Morgan fingerprint density at radius 2 is 2.06 bits per heavy atom. The van der Waals surface area contributed by atoms with E-state index in [9.17, 15) is 14.4 Å². The van der Waals surface area contributed by atoms with Crippen molar-refractivity contribution < 1.29 is 23.9 Å². The van der Waals surface area contributed by atoms with Crippen molar-refractivity contribution in [3.63, 3.8) is 0 Å². The van der Waals surface area contributed by atoms with Gasteiger partial charge in [-0.15, -0.1) is 0 Å². The number of pyridine rings is 1. The van der Waals surface area contributed by atoms with Crippen LogP contribution in [0.15, 0.2) is 54.9 Å². The van der Waals surface area contributed by atoms with Crippen LogP contribution in [0.25, 0.3) is 0 Å². The molecule has 2 unspecified atom stereocenters. The van der Waals surface area contributed by atoms with E-state index in [-0.39, 0.29) is 43.2 Å². The molecule has 3 amide bonds. The summed E-state index contributed by atoms with van der Waals surface area (Å²) in [4.78, 5) is 47.3. The number of aromatic nitrogens is 1. The number of carbonyl (C=O) groups is 3. The van der Waals surface area contributed by atoms with E-state index < -0.39 is 5.41 Å². The van der Waals surface area contributed by atoms with Crippen LogP contribution in [0.1, 0.15) is 44.6 Å². The molecule has 35 heavy (non-hydrogen) atoms. The van der Waals surface area contributed by atoms with Crippen molar-refractivity contribution in [2.45, 2.75) is 50.5 Å². The molecule has 2 atom stereocenters. The molecule has 8 heteroatoms. The number of likely N-dealkylation sites (tertiary alicyclic amines) is 1. The van der Waals surface area contributed by atoms with Gasteiger partial charge in [0.15, 0.2) is 0 Å². The molecule has 2 saturated heterocycles. The number of benzene rings is 1. The van der Waals surface area contributed by atoms with E-state index in [0.717, 1.165) is 19.4 Å². The Bertz CT molecular complexity index is 1010. The van der Waals surface area contributed by atoms with Crippen molar-refractivity contribution in [1.82, 2.24) is 14.8 Å².